The molecule has 230 valence electrons. The second-order valence-corrected chi connectivity index (χ2v) is 11.9. The molecule has 0 saturated carbocycles. The lowest BCUT2D eigenvalue weighted by molar-refractivity contribution is -0.116. The van der Waals surface area contributed by atoms with Crippen molar-refractivity contribution in [2.24, 2.45) is 0 Å². The van der Waals surface area contributed by atoms with E-state index in [0.717, 1.165) is 16.7 Å². The smallest absolute Gasteiger partial charge is 0.272 e. The molecule has 5 rings (SSSR count). The van der Waals surface area contributed by atoms with Gasteiger partial charge in [0.1, 0.15) is 16.8 Å². The van der Waals surface area contributed by atoms with Crippen molar-refractivity contribution in [3.8, 4) is 0 Å². The van der Waals surface area contributed by atoms with Crippen LogP contribution in [0.25, 0.3) is 6.08 Å². The number of carbonyl (C=O) groups excluding carboxylic acids is 3. The third-order valence-corrected chi connectivity index (χ3v) is 8.33. The summed E-state index contributed by atoms with van der Waals surface area (Å²) in [6.07, 6.45) is 1.62. The van der Waals surface area contributed by atoms with Crippen LogP contribution in [0, 0.1) is 12.7 Å². The number of hydrogen-bond acceptors (Lipinski definition) is 4. The van der Waals surface area contributed by atoms with Crippen LogP contribution in [-0.2, 0) is 9.59 Å². The molecule has 0 aliphatic carbocycles. The molecule has 1 unspecified atom stereocenters. The van der Waals surface area contributed by atoms with Gasteiger partial charge in [0.15, 0.2) is 0 Å². The number of aryl methyl sites for hydroxylation is 1. The Morgan fingerprint density at radius 3 is 2.13 bits per heavy atom. The third-order valence-electron chi connectivity index (χ3n) is 6.79. The lowest BCUT2D eigenvalue weighted by Gasteiger charge is -2.18. The van der Waals surface area contributed by atoms with Gasteiger partial charge in [-0.25, -0.2) is 4.39 Å². The van der Waals surface area contributed by atoms with Crippen molar-refractivity contribution in [2.75, 3.05) is 10.6 Å². The molecule has 0 spiro atoms. The molecule has 0 radical (unpaired) electrons. The molecule has 0 saturated heterocycles. The molecular formula is C37H29ClFN3O3S. The number of anilines is 2. The minimum Gasteiger partial charge on any atom is -0.325 e. The molecule has 0 aliphatic rings. The van der Waals surface area contributed by atoms with E-state index in [9.17, 15) is 18.8 Å². The maximum Gasteiger partial charge on any atom is 0.272 e. The maximum absolute atomic E-state index is 13.7. The van der Waals surface area contributed by atoms with E-state index in [1.807, 2.05) is 73.7 Å². The van der Waals surface area contributed by atoms with Gasteiger partial charge in [-0.3, -0.25) is 14.4 Å². The third kappa shape index (κ3) is 8.72. The molecule has 9 heteroatoms. The summed E-state index contributed by atoms with van der Waals surface area (Å²) in [7, 11) is 0. The number of nitrogens with one attached hydrogen (secondary N) is 3. The Morgan fingerprint density at radius 1 is 0.761 bits per heavy atom. The molecule has 5 aromatic carbocycles. The van der Waals surface area contributed by atoms with Gasteiger partial charge in [0.25, 0.3) is 11.8 Å². The topological polar surface area (TPSA) is 87.3 Å². The van der Waals surface area contributed by atoms with Gasteiger partial charge in [-0.1, -0.05) is 96.0 Å². The van der Waals surface area contributed by atoms with Crippen molar-refractivity contribution >= 4 is 58.5 Å². The van der Waals surface area contributed by atoms with Crippen LogP contribution in [0.2, 0.25) is 5.02 Å². The number of carbonyl (C=O) groups is 3. The number of benzene rings is 5. The Labute approximate surface area is 275 Å². The van der Waals surface area contributed by atoms with E-state index in [4.69, 9.17) is 11.6 Å². The number of halogens is 2. The van der Waals surface area contributed by atoms with Crippen LogP contribution in [0.5, 0.6) is 0 Å². The highest BCUT2D eigenvalue weighted by Gasteiger charge is 2.23. The normalized spacial score (nSPS) is 11.8. The number of rotatable bonds is 10. The summed E-state index contributed by atoms with van der Waals surface area (Å²) in [5.41, 5.74) is 3.87. The Balaban J connectivity index is 1.37. The van der Waals surface area contributed by atoms with E-state index in [1.165, 1.54) is 30.0 Å². The van der Waals surface area contributed by atoms with E-state index in [2.05, 4.69) is 16.0 Å². The van der Waals surface area contributed by atoms with Gasteiger partial charge in [-0.2, -0.15) is 0 Å². The summed E-state index contributed by atoms with van der Waals surface area (Å²) in [6, 6.07) is 36.5. The molecule has 1 atom stereocenters. The number of thioether (sulfide) groups is 1. The number of amides is 3. The summed E-state index contributed by atoms with van der Waals surface area (Å²) in [5, 5.41) is 7.67. The zero-order valence-electron chi connectivity index (χ0n) is 24.7. The van der Waals surface area contributed by atoms with Crippen LogP contribution in [-0.4, -0.2) is 17.7 Å². The fourth-order valence-corrected chi connectivity index (χ4v) is 5.70. The minimum absolute atomic E-state index is 0.0651. The van der Waals surface area contributed by atoms with Gasteiger partial charge in [0, 0.05) is 21.8 Å². The monoisotopic (exact) mass is 649 g/mol. The Hall–Kier alpha value is -5.18. The van der Waals surface area contributed by atoms with Crippen molar-refractivity contribution in [1.82, 2.24) is 5.32 Å². The molecule has 0 heterocycles. The first-order valence-electron chi connectivity index (χ1n) is 14.3. The second-order valence-electron chi connectivity index (χ2n) is 10.3. The highest BCUT2D eigenvalue weighted by molar-refractivity contribution is 8.00. The van der Waals surface area contributed by atoms with E-state index in [0.29, 0.717) is 21.8 Å². The highest BCUT2D eigenvalue weighted by Crippen LogP contribution is 2.37. The Kier molecular flexibility index (Phi) is 10.7. The van der Waals surface area contributed by atoms with E-state index < -0.39 is 22.9 Å². The average Bonchev–Trinajstić information content (AvgIpc) is 3.07. The molecule has 6 nitrogen and oxygen atoms in total. The fraction of sp³-hybridized carbons (Fsp3) is 0.0541. The maximum atomic E-state index is 13.7. The first-order chi connectivity index (χ1) is 22.2. The molecule has 46 heavy (non-hydrogen) atoms. The highest BCUT2D eigenvalue weighted by atomic mass is 35.5. The zero-order valence-corrected chi connectivity index (χ0v) is 26.2. The Bertz CT molecular complexity index is 1880. The van der Waals surface area contributed by atoms with Crippen molar-refractivity contribution in [3.63, 3.8) is 0 Å². The lowest BCUT2D eigenvalue weighted by Crippen LogP contribution is -2.30. The van der Waals surface area contributed by atoms with E-state index in [-0.39, 0.29) is 16.6 Å². The van der Waals surface area contributed by atoms with Gasteiger partial charge in [-0.15, -0.1) is 11.8 Å². The SMILES string of the molecule is Cc1ccc(/C=C(\NC(=O)c2ccccc2)C(=O)Nc2cccc(SC(C(=O)Nc3ccc(F)c(Cl)c3)c3ccccc3)c2)cc1. The van der Waals surface area contributed by atoms with Crippen LogP contribution in [0.3, 0.4) is 0 Å². The first-order valence-corrected chi connectivity index (χ1v) is 15.5. The lowest BCUT2D eigenvalue weighted by atomic mass is 10.1. The van der Waals surface area contributed by atoms with Crippen LogP contribution in [0.4, 0.5) is 15.8 Å². The van der Waals surface area contributed by atoms with Gasteiger partial charge < -0.3 is 16.0 Å². The quantitative estimate of drug-likeness (QED) is 0.104. The predicted molar refractivity (Wildman–Crippen MR) is 183 cm³/mol. The second kappa shape index (κ2) is 15.2. The van der Waals surface area contributed by atoms with Gasteiger partial charge in [0.2, 0.25) is 5.91 Å². The summed E-state index contributed by atoms with van der Waals surface area (Å²) in [6.45, 7) is 1.97. The molecule has 3 N–H and O–H groups in total. The van der Waals surface area contributed by atoms with Crippen LogP contribution in [0.1, 0.15) is 32.3 Å². The summed E-state index contributed by atoms with van der Waals surface area (Å²) in [5.74, 6) is -1.85. The molecule has 0 aliphatic heterocycles. The fourth-order valence-electron chi connectivity index (χ4n) is 4.44. The van der Waals surface area contributed by atoms with Crippen LogP contribution < -0.4 is 16.0 Å². The van der Waals surface area contributed by atoms with Crippen molar-refractivity contribution in [1.29, 1.82) is 0 Å². The molecule has 3 amide bonds. The van der Waals surface area contributed by atoms with Gasteiger partial charge in [-0.05, 0) is 72.7 Å². The van der Waals surface area contributed by atoms with Gasteiger partial charge >= 0.3 is 0 Å². The van der Waals surface area contributed by atoms with E-state index >= 15 is 0 Å². The first kappa shape index (κ1) is 32.2. The van der Waals surface area contributed by atoms with Crippen LogP contribution in [0.15, 0.2) is 138 Å². The summed E-state index contributed by atoms with van der Waals surface area (Å²) >= 11 is 7.21. The van der Waals surface area contributed by atoms with Crippen LogP contribution >= 0.6 is 23.4 Å². The van der Waals surface area contributed by atoms with Crippen molar-refractivity contribution < 1.29 is 18.8 Å². The summed E-state index contributed by atoms with van der Waals surface area (Å²) in [4.78, 5) is 40.8. The van der Waals surface area contributed by atoms with E-state index in [1.54, 1.807) is 48.5 Å². The van der Waals surface area contributed by atoms with Crippen molar-refractivity contribution in [2.45, 2.75) is 17.1 Å². The molecule has 0 fully saturated rings. The zero-order chi connectivity index (χ0) is 32.5. The largest absolute Gasteiger partial charge is 0.325 e. The number of hydrogen-bond donors (Lipinski definition) is 3. The predicted octanol–water partition coefficient (Wildman–Crippen LogP) is 8.67. The van der Waals surface area contributed by atoms with Crippen molar-refractivity contribution in [3.05, 3.63) is 166 Å². The molecule has 0 aromatic heterocycles. The van der Waals surface area contributed by atoms with Gasteiger partial charge in [0.05, 0.1) is 5.02 Å². The minimum atomic E-state index is -0.682. The summed E-state index contributed by atoms with van der Waals surface area (Å²) < 4.78 is 13.7. The Morgan fingerprint density at radius 2 is 1.43 bits per heavy atom. The average molecular weight is 650 g/mol. The standard InChI is InChI=1S/C37H29ClFN3O3S/c1-24-15-17-25(18-16-24)21-33(42-35(43)27-11-6-3-7-12-27)36(44)40-28-13-8-14-30(22-28)46-34(26-9-4-2-5-10-26)37(45)41-29-19-20-32(39)31(38)23-29/h2-23,34H,1H3,(H,40,44)(H,41,45)(H,42,43)/b33-21-. The molecule has 0 bridgehead atoms. The molecular weight excluding hydrogens is 621 g/mol. The molecule has 5 aromatic rings.